The van der Waals surface area contributed by atoms with Gasteiger partial charge in [-0.3, -0.25) is 4.99 Å². The number of benzene rings is 1. The second-order valence-electron chi connectivity index (χ2n) is 6.28. The van der Waals surface area contributed by atoms with E-state index in [1.165, 1.54) is 24.1 Å². The molecule has 2 aliphatic carbocycles. The molecule has 0 radical (unpaired) electrons. The van der Waals surface area contributed by atoms with E-state index in [0.29, 0.717) is 0 Å². The summed E-state index contributed by atoms with van der Waals surface area (Å²) < 4.78 is 0. The number of hydrogen-bond donors (Lipinski definition) is 2. The van der Waals surface area contributed by atoms with Gasteiger partial charge in [-0.25, -0.2) is 0 Å². The molecular weight excluding hydrogens is 258 g/mol. The highest BCUT2D eigenvalue weighted by molar-refractivity contribution is 5.76. The second-order valence-corrected chi connectivity index (χ2v) is 6.28. The third-order valence-electron chi connectivity index (χ3n) is 4.86. The van der Waals surface area contributed by atoms with Gasteiger partial charge in [0.1, 0.15) is 0 Å². The van der Waals surface area contributed by atoms with Crippen LogP contribution in [0.4, 0.5) is 5.69 Å². The number of aliphatic imine (C=N–C) groups is 1. The van der Waals surface area contributed by atoms with Gasteiger partial charge in [-0.15, -0.1) is 0 Å². The van der Waals surface area contributed by atoms with Crippen LogP contribution in [0, 0.1) is 5.92 Å². The van der Waals surface area contributed by atoms with Gasteiger partial charge in [-0.2, -0.15) is 0 Å². The molecule has 3 N–H and O–H groups in total. The maximum Gasteiger partial charge on any atom is 0.0446 e. The SMILES string of the molecule is NC=C1CCCN=CC=C1Nc1ccc2c(c1)C1CC1C2. The van der Waals surface area contributed by atoms with Crippen LogP contribution in [0.5, 0.6) is 0 Å². The fourth-order valence-corrected chi connectivity index (χ4v) is 3.60. The molecule has 1 fully saturated rings. The van der Waals surface area contributed by atoms with Crippen LogP contribution in [0.15, 0.2) is 46.7 Å². The van der Waals surface area contributed by atoms with Gasteiger partial charge in [0.15, 0.2) is 0 Å². The Labute approximate surface area is 125 Å². The number of nitrogens with one attached hydrogen (secondary N) is 1. The minimum atomic E-state index is 0.833. The third-order valence-corrected chi connectivity index (χ3v) is 4.86. The fraction of sp³-hybridized carbons (Fsp3) is 0.389. The first-order chi connectivity index (χ1) is 10.3. The third kappa shape index (κ3) is 2.37. The van der Waals surface area contributed by atoms with E-state index in [1.807, 2.05) is 12.3 Å². The van der Waals surface area contributed by atoms with Gasteiger partial charge in [0.05, 0.1) is 0 Å². The topological polar surface area (TPSA) is 50.4 Å². The quantitative estimate of drug-likeness (QED) is 0.872. The molecule has 1 saturated carbocycles. The summed E-state index contributed by atoms with van der Waals surface area (Å²) >= 11 is 0. The number of fused-ring (bicyclic) bond motifs is 3. The maximum absolute atomic E-state index is 5.80. The molecule has 1 aromatic carbocycles. The molecule has 2 atom stereocenters. The average Bonchev–Trinajstić information content (AvgIpc) is 3.15. The lowest BCUT2D eigenvalue weighted by atomic mass is 10.0. The fourth-order valence-electron chi connectivity index (χ4n) is 3.60. The van der Waals surface area contributed by atoms with Crippen LogP contribution in [0.2, 0.25) is 0 Å². The summed E-state index contributed by atoms with van der Waals surface area (Å²) in [6.45, 7) is 0.878. The Morgan fingerprint density at radius 3 is 3.19 bits per heavy atom. The predicted octanol–water partition coefficient (Wildman–Crippen LogP) is 3.35. The highest BCUT2D eigenvalue weighted by Crippen LogP contribution is 2.56. The lowest BCUT2D eigenvalue weighted by molar-refractivity contribution is 0.826. The summed E-state index contributed by atoms with van der Waals surface area (Å²) in [4.78, 5) is 4.36. The van der Waals surface area contributed by atoms with Crippen molar-refractivity contribution in [1.29, 1.82) is 0 Å². The zero-order chi connectivity index (χ0) is 14.2. The molecule has 3 nitrogen and oxygen atoms in total. The molecule has 1 aliphatic heterocycles. The van der Waals surface area contributed by atoms with Crippen molar-refractivity contribution < 1.29 is 0 Å². The van der Waals surface area contributed by atoms with Crippen molar-refractivity contribution in [3.05, 3.63) is 52.9 Å². The number of rotatable bonds is 2. The molecule has 2 unspecified atom stereocenters. The number of allylic oxidation sites excluding steroid dienone is 2. The molecule has 0 aromatic heterocycles. The van der Waals surface area contributed by atoms with Crippen LogP contribution in [0.3, 0.4) is 0 Å². The van der Waals surface area contributed by atoms with Gasteiger partial charge < -0.3 is 11.1 Å². The standard InChI is InChI=1S/C18H21N3/c19-11-13-2-1-6-20-7-5-18(13)21-15-4-3-12-8-14-9-16(14)17(12)10-15/h3-5,7,10-11,14,16,21H,1-2,6,8-9,19H2. The van der Waals surface area contributed by atoms with Gasteiger partial charge in [0.25, 0.3) is 0 Å². The summed E-state index contributed by atoms with van der Waals surface area (Å²) in [7, 11) is 0. The highest BCUT2D eigenvalue weighted by atomic mass is 14.9. The molecule has 0 saturated heterocycles. The Hall–Kier alpha value is -2.03. The van der Waals surface area contributed by atoms with Gasteiger partial charge >= 0.3 is 0 Å². The summed E-state index contributed by atoms with van der Waals surface area (Å²) in [5.41, 5.74) is 12.3. The largest absolute Gasteiger partial charge is 0.404 e. The molecular formula is C18H21N3. The molecule has 0 spiro atoms. The van der Waals surface area contributed by atoms with Crippen molar-refractivity contribution in [3.63, 3.8) is 0 Å². The normalized spacial score (nSPS) is 28.4. The van der Waals surface area contributed by atoms with Crippen LogP contribution >= 0.6 is 0 Å². The molecule has 3 heteroatoms. The van der Waals surface area contributed by atoms with E-state index in [4.69, 9.17) is 5.73 Å². The van der Waals surface area contributed by atoms with Gasteiger partial charge in [0.2, 0.25) is 0 Å². The van der Waals surface area contributed by atoms with Crippen molar-refractivity contribution in [2.45, 2.75) is 31.6 Å². The van der Waals surface area contributed by atoms with Crippen LogP contribution in [-0.2, 0) is 6.42 Å². The monoisotopic (exact) mass is 279 g/mol. The van der Waals surface area contributed by atoms with Crippen molar-refractivity contribution in [2.75, 3.05) is 11.9 Å². The Kier molecular flexibility index (Phi) is 3.06. The van der Waals surface area contributed by atoms with E-state index in [-0.39, 0.29) is 0 Å². The van der Waals surface area contributed by atoms with Crippen molar-refractivity contribution in [2.24, 2.45) is 16.6 Å². The Morgan fingerprint density at radius 2 is 2.29 bits per heavy atom. The van der Waals surface area contributed by atoms with E-state index in [1.54, 1.807) is 17.3 Å². The summed E-state index contributed by atoms with van der Waals surface area (Å²) in [6, 6.07) is 6.81. The summed E-state index contributed by atoms with van der Waals surface area (Å²) in [5, 5.41) is 3.54. The first-order valence-electron chi connectivity index (χ1n) is 7.86. The van der Waals surface area contributed by atoms with Gasteiger partial charge in [-0.1, -0.05) is 6.07 Å². The van der Waals surface area contributed by atoms with Gasteiger partial charge in [-0.05, 0) is 78.6 Å². The van der Waals surface area contributed by atoms with E-state index in [2.05, 4.69) is 28.5 Å². The minimum absolute atomic E-state index is 0.833. The van der Waals surface area contributed by atoms with Crippen LogP contribution < -0.4 is 11.1 Å². The van der Waals surface area contributed by atoms with Gasteiger partial charge in [0, 0.05) is 24.1 Å². The van der Waals surface area contributed by atoms with Crippen LogP contribution in [0.1, 0.15) is 36.3 Å². The number of nitrogens with zero attached hydrogens (tertiary/aromatic N) is 1. The molecule has 0 bridgehead atoms. The number of nitrogens with two attached hydrogens (primary N) is 1. The smallest absolute Gasteiger partial charge is 0.0446 e. The molecule has 108 valence electrons. The number of hydrogen-bond acceptors (Lipinski definition) is 3. The van der Waals surface area contributed by atoms with Crippen molar-refractivity contribution in [3.8, 4) is 0 Å². The first kappa shape index (κ1) is 12.7. The Bertz CT molecular complexity index is 654. The zero-order valence-corrected chi connectivity index (χ0v) is 12.2. The maximum atomic E-state index is 5.80. The molecule has 21 heavy (non-hydrogen) atoms. The predicted molar refractivity (Wildman–Crippen MR) is 87.6 cm³/mol. The summed E-state index contributed by atoms with van der Waals surface area (Å²) in [6.07, 6.45) is 10.3. The number of anilines is 1. The lowest BCUT2D eigenvalue weighted by Gasteiger charge is -2.16. The van der Waals surface area contributed by atoms with E-state index in [0.717, 1.165) is 36.9 Å². The van der Waals surface area contributed by atoms with Crippen molar-refractivity contribution in [1.82, 2.24) is 0 Å². The lowest BCUT2D eigenvalue weighted by Crippen LogP contribution is -2.08. The first-order valence-corrected chi connectivity index (χ1v) is 7.86. The Morgan fingerprint density at radius 1 is 1.33 bits per heavy atom. The highest BCUT2D eigenvalue weighted by Gasteiger charge is 2.44. The Balaban J connectivity index is 1.61. The average molecular weight is 279 g/mol. The van der Waals surface area contributed by atoms with E-state index in [9.17, 15) is 0 Å². The molecule has 3 aliphatic rings. The second kappa shape index (κ2) is 5.06. The summed E-state index contributed by atoms with van der Waals surface area (Å²) in [5.74, 6) is 1.77. The molecule has 0 amide bonds. The molecule has 1 heterocycles. The van der Waals surface area contributed by atoms with E-state index >= 15 is 0 Å². The molecule has 1 aromatic rings. The minimum Gasteiger partial charge on any atom is -0.404 e. The van der Waals surface area contributed by atoms with E-state index < -0.39 is 0 Å². The van der Waals surface area contributed by atoms with Crippen LogP contribution in [0.25, 0.3) is 0 Å². The molecule has 4 rings (SSSR count). The zero-order valence-electron chi connectivity index (χ0n) is 12.2. The van der Waals surface area contributed by atoms with Crippen molar-refractivity contribution >= 4 is 11.9 Å². The van der Waals surface area contributed by atoms with Crippen LogP contribution in [-0.4, -0.2) is 12.8 Å².